The van der Waals surface area contributed by atoms with Crippen molar-refractivity contribution in [1.82, 2.24) is 10.3 Å². The number of amides is 1. The maximum atomic E-state index is 10.8. The highest BCUT2D eigenvalue weighted by atomic mass is 16.4. The lowest BCUT2D eigenvalue weighted by molar-refractivity contribution is -0.118. The summed E-state index contributed by atoms with van der Waals surface area (Å²) >= 11 is 0. The normalized spacial score (nSPS) is 10.3. The molecule has 16 heavy (non-hydrogen) atoms. The molecule has 0 saturated heterocycles. The van der Waals surface area contributed by atoms with Gasteiger partial charge in [-0.25, -0.2) is 4.79 Å². The van der Waals surface area contributed by atoms with Crippen LogP contribution >= 0.6 is 0 Å². The molecule has 0 aliphatic rings. The summed E-state index contributed by atoms with van der Waals surface area (Å²) in [6, 6.07) is 1.43. The Morgan fingerprint density at radius 2 is 2.31 bits per heavy atom. The third kappa shape index (κ3) is 3.53. The van der Waals surface area contributed by atoms with Gasteiger partial charge in [0.1, 0.15) is 0 Å². The first-order chi connectivity index (χ1) is 7.61. The van der Waals surface area contributed by atoms with Gasteiger partial charge in [0.15, 0.2) is 0 Å². The highest BCUT2D eigenvalue weighted by Crippen LogP contribution is 2.08. The van der Waals surface area contributed by atoms with Crippen molar-refractivity contribution in [2.24, 2.45) is 0 Å². The Morgan fingerprint density at radius 1 is 1.56 bits per heavy atom. The molecule has 0 spiro atoms. The fourth-order valence-electron chi connectivity index (χ4n) is 1.12. The van der Waals surface area contributed by atoms with E-state index >= 15 is 0 Å². The predicted molar refractivity (Wildman–Crippen MR) is 58.9 cm³/mol. The molecule has 1 rings (SSSR count). The Kier molecular flexibility index (Phi) is 4.20. The lowest BCUT2D eigenvalue weighted by atomic mass is 10.1. The Hall–Kier alpha value is -2.17. The van der Waals surface area contributed by atoms with Crippen molar-refractivity contribution in [1.29, 1.82) is 0 Å². The van der Waals surface area contributed by atoms with Crippen molar-refractivity contribution < 1.29 is 14.7 Å². The molecule has 1 amide bonds. The van der Waals surface area contributed by atoms with Gasteiger partial charge >= 0.3 is 5.97 Å². The van der Waals surface area contributed by atoms with Crippen molar-refractivity contribution in [2.75, 3.05) is 6.54 Å². The third-order valence-corrected chi connectivity index (χ3v) is 1.85. The molecule has 0 bridgehead atoms. The zero-order chi connectivity index (χ0) is 12.0. The molecule has 1 aromatic heterocycles. The molecule has 84 valence electrons. The second-order valence-electron chi connectivity index (χ2n) is 3.11. The third-order valence-electron chi connectivity index (χ3n) is 1.85. The molecular weight excluding hydrogens is 208 g/mol. The van der Waals surface area contributed by atoms with Crippen LogP contribution in [0.5, 0.6) is 0 Å². The number of carbonyl (C=O) groups excluding carboxylic acids is 1. The van der Waals surface area contributed by atoms with Gasteiger partial charge in [0.25, 0.3) is 0 Å². The smallest absolute Gasteiger partial charge is 0.336 e. The second kappa shape index (κ2) is 5.65. The summed E-state index contributed by atoms with van der Waals surface area (Å²) in [4.78, 5) is 25.2. The van der Waals surface area contributed by atoms with Gasteiger partial charge in [-0.15, -0.1) is 0 Å². The minimum atomic E-state index is -0.999. The van der Waals surface area contributed by atoms with E-state index in [0.717, 1.165) is 0 Å². The quantitative estimate of drug-likeness (QED) is 0.791. The van der Waals surface area contributed by atoms with Crippen LogP contribution in [-0.4, -0.2) is 28.5 Å². The van der Waals surface area contributed by atoms with Crippen LogP contribution in [0, 0.1) is 0 Å². The standard InChI is InChI=1S/C11H12N2O3/c1-8(14)13-5-2-3-9-7-12-6-4-10(9)11(15)16/h2-4,6-7H,5H2,1H3,(H,13,14)(H,15,16). The molecule has 5 heteroatoms. The lowest BCUT2D eigenvalue weighted by Gasteiger charge is -1.99. The van der Waals surface area contributed by atoms with Gasteiger partial charge in [-0.3, -0.25) is 9.78 Å². The number of nitrogens with zero attached hydrogens (tertiary/aromatic N) is 1. The lowest BCUT2D eigenvalue weighted by Crippen LogP contribution is -2.19. The number of carboxylic acid groups (broad SMARTS) is 1. The molecule has 0 atom stereocenters. The number of hydrogen-bond donors (Lipinski definition) is 2. The summed E-state index contributed by atoms with van der Waals surface area (Å²) in [5.41, 5.74) is 0.703. The van der Waals surface area contributed by atoms with Crippen molar-refractivity contribution in [3.05, 3.63) is 35.7 Å². The van der Waals surface area contributed by atoms with Gasteiger partial charge in [-0.2, -0.15) is 0 Å². The topological polar surface area (TPSA) is 79.3 Å². The minimum Gasteiger partial charge on any atom is -0.478 e. The average Bonchev–Trinajstić information content (AvgIpc) is 2.24. The molecule has 0 fully saturated rings. The molecule has 0 saturated carbocycles. The summed E-state index contributed by atoms with van der Waals surface area (Å²) in [6.45, 7) is 1.78. The van der Waals surface area contributed by atoms with E-state index in [0.29, 0.717) is 12.1 Å². The minimum absolute atomic E-state index is 0.130. The molecule has 1 aromatic rings. The first-order valence-corrected chi connectivity index (χ1v) is 4.69. The Morgan fingerprint density at radius 3 is 2.94 bits per heavy atom. The van der Waals surface area contributed by atoms with E-state index < -0.39 is 5.97 Å². The molecule has 0 radical (unpaired) electrons. The van der Waals surface area contributed by atoms with Crippen LogP contribution in [0.15, 0.2) is 24.5 Å². The van der Waals surface area contributed by atoms with Crippen LogP contribution in [0.1, 0.15) is 22.8 Å². The molecular formula is C11H12N2O3. The summed E-state index contributed by atoms with van der Waals surface area (Å²) in [5, 5.41) is 11.4. The van der Waals surface area contributed by atoms with Gasteiger partial charge in [0, 0.05) is 31.4 Å². The number of hydrogen-bond acceptors (Lipinski definition) is 3. The monoisotopic (exact) mass is 220 g/mol. The first-order valence-electron chi connectivity index (χ1n) is 4.69. The highest BCUT2D eigenvalue weighted by molar-refractivity contribution is 5.91. The Balaban J connectivity index is 2.73. The van der Waals surface area contributed by atoms with Gasteiger partial charge in [0.05, 0.1) is 5.56 Å². The van der Waals surface area contributed by atoms with Gasteiger partial charge in [-0.05, 0) is 6.07 Å². The predicted octanol–water partition coefficient (Wildman–Crippen LogP) is 0.929. The first kappa shape index (κ1) is 11.9. The van der Waals surface area contributed by atoms with Crippen LogP contribution in [0.25, 0.3) is 6.08 Å². The summed E-state index contributed by atoms with van der Waals surface area (Å²) in [5.74, 6) is -1.13. The van der Waals surface area contributed by atoms with E-state index in [-0.39, 0.29) is 11.5 Å². The number of carbonyl (C=O) groups is 2. The average molecular weight is 220 g/mol. The van der Waals surface area contributed by atoms with Gasteiger partial charge < -0.3 is 10.4 Å². The number of rotatable bonds is 4. The maximum Gasteiger partial charge on any atom is 0.336 e. The molecule has 0 aromatic carbocycles. The summed E-state index contributed by atoms with van der Waals surface area (Å²) in [7, 11) is 0. The van der Waals surface area contributed by atoms with Crippen molar-refractivity contribution in [2.45, 2.75) is 6.92 Å². The second-order valence-corrected chi connectivity index (χ2v) is 3.11. The van der Waals surface area contributed by atoms with Crippen LogP contribution in [0.2, 0.25) is 0 Å². The molecule has 0 aliphatic carbocycles. The number of aromatic carboxylic acids is 1. The molecule has 0 aliphatic heterocycles. The molecule has 1 heterocycles. The van der Waals surface area contributed by atoms with Crippen LogP contribution in [-0.2, 0) is 4.79 Å². The molecule has 2 N–H and O–H groups in total. The van der Waals surface area contributed by atoms with Crippen molar-refractivity contribution in [3.63, 3.8) is 0 Å². The Bertz CT molecular complexity index is 427. The fraction of sp³-hybridized carbons (Fsp3) is 0.182. The van der Waals surface area contributed by atoms with E-state index in [1.165, 1.54) is 25.4 Å². The van der Waals surface area contributed by atoms with E-state index in [1.807, 2.05) is 0 Å². The van der Waals surface area contributed by atoms with Crippen LogP contribution in [0.3, 0.4) is 0 Å². The zero-order valence-electron chi connectivity index (χ0n) is 8.80. The van der Waals surface area contributed by atoms with Crippen molar-refractivity contribution >= 4 is 18.0 Å². The van der Waals surface area contributed by atoms with Crippen LogP contribution in [0.4, 0.5) is 0 Å². The van der Waals surface area contributed by atoms with Crippen molar-refractivity contribution in [3.8, 4) is 0 Å². The van der Waals surface area contributed by atoms with E-state index in [4.69, 9.17) is 5.11 Å². The van der Waals surface area contributed by atoms with Gasteiger partial charge in [-0.1, -0.05) is 12.2 Å². The number of pyridine rings is 1. The maximum absolute atomic E-state index is 10.8. The van der Waals surface area contributed by atoms with Crippen LogP contribution < -0.4 is 5.32 Å². The summed E-state index contributed by atoms with van der Waals surface area (Å²) in [6.07, 6.45) is 6.18. The molecule has 0 unspecified atom stereocenters. The van der Waals surface area contributed by atoms with Gasteiger partial charge in [0.2, 0.25) is 5.91 Å². The zero-order valence-corrected chi connectivity index (χ0v) is 8.80. The number of aromatic nitrogens is 1. The van der Waals surface area contributed by atoms with E-state index in [1.54, 1.807) is 12.2 Å². The SMILES string of the molecule is CC(=O)NCC=Cc1cnccc1C(=O)O. The Labute approximate surface area is 92.8 Å². The highest BCUT2D eigenvalue weighted by Gasteiger charge is 2.06. The number of nitrogens with one attached hydrogen (secondary N) is 1. The van der Waals surface area contributed by atoms with E-state index in [2.05, 4.69) is 10.3 Å². The fourth-order valence-corrected chi connectivity index (χ4v) is 1.12. The van der Waals surface area contributed by atoms with E-state index in [9.17, 15) is 9.59 Å². The summed E-state index contributed by atoms with van der Waals surface area (Å²) < 4.78 is 0. The number of carboxylic acids is 1. The largest absolute Gasteiger partial charge is 0.478 e. The molecule has 5 nitrogen and oxygen atoms in total.